The van der Waals surface area contributed by atoms with Crippen LogP contribution in [0.25, 0.3) is 33.8 Å². The average Bonchev–Trinajstić information content (AvgIpc) is 3.10. The Kier molecular flexibility index (Phi) is 7.61. The van der Waals surface area contributed by atoms with Crippen molar-refractivity contribution in [3.05, 3.63) is 79.0 Å². The van der Waals surface area contributed by atoms with Gasteiger partial charge in [-0.25, -0.2) is 0 Å². The molecule has 0 unspecified atom stereocenters. The first-order valence-electron chi connectivity index (χ1n) is 11.4. The van der Waals surface area contributed by atoms with E-state index in [-0.39, 0.29) is 16.5 Å². The van der Waals surface area contributed by atoms with Crippen molar-refractivity contribution in [1.82, 2.24) is 9.97 Å². The van der Waals surface area contributed by atoms with Gasteiger partial charge in [0.1, 0.15) is 0 Å². The number of benzene rings is 2. The van der Waals surface area contributed by atoms with Gasteiger partial charge in [0.25, 0.3) is 0 Å². The van der Waals surface area contributed by atoms with Gasteiger partial charge >= 0.3 is 202 Å². The van der Waals surface area contributed by atoms with Gasteiger partial charge in [0.15, 0.2) is 0 Å². The number of pyridine rings is 2. The largest absolute Gasteiger partial charge is 0 e. The Morgan fingerprint density at radius 1 is 0.788 bits per heavy atom. The molecule has 4 aromatic rings. The summed E-state index contributed by atoms with van der Waals surface area (Å²) >= 11 is 0.886. The van der Waals surface area contributed by atoms with Gasteiger partial charge in [-0.2, -0.15) is 0 Å². The molecule has 3 heterocycles. The van der Waals surface area contributed by atoms with Crippen molar-refractivity contribution in [3.63, 3.8) is 0 Å². The van der Waals surface area contributed by atoms with Gasteiger partial charge in [-0.15, -0.1) is 0 Å². The van der Waals surface area contributed by atoms with Crippen molar-refractivity contribution in [2.45, 2.75) is 37.2 Å². The van der Waals surface area contributed by atoms with E-state index >= 15 is 0 Å². The molecular weight excluding hydrogens is 575 g/mol. The monoisotopic (exact) mass is 602 g/mol. The third-order valence-corrected chi connectivity index (χ3v) is 19.0. The van der Waals surface area contributed by atoms with Crippen molar-refractivity contribution in [2.75, 3.05) is 0 Å². The minimum Gasteiger partial charge on any atom is 0 e. The van der Waals surface area contributed by atoms with Crippen LogP contribution in [0.2, 0.25) is 10.5 Å². The Hall–Kier alpha value is -1.70. The quantitative estimate of drug-likeness (QED) is 0.236. The van der Waals surface area contributed by atoms with Gasteiger partial charge in [0.05, 0.1) is 0 Å². The van der Waals surface area contributed by atoms with E-state index in [1.165, 1.54) is 39.1 Å². The van der Waals surface area contributed by atoms with Gasteiger partial charge < -0.3 is 0 Å². The average molecular weight is 601 g/mol. The van der Waals surface area contributed by atoms with E-state index in [0.717, 1.165) is 22.5 Å². The van der Waals surface area contributed by atoms with Gasteiger partial charge in [-0.05, 0) is 0 Å². The SMILES string of the molecule is CC[CH2][Ge]1([CH2]CC)[c]2ccc(-c3[c-]c(-c4ccccn4)ccc3)nc2-c2c([Se])ccc[c]21.[Ni]. The summed E-state index contributed by atoms with van der Waals surface area (Å²) < 4.78 is 4.42. The Labute approximate surface area is 217 Å². The van der Waals surface area contributed by atoms with Crippen LogP contribution in [0.5, 0.6) is 0 Å². The molecule has 33 heavy (non-hydrogen) atoms. The first-order chi connectivity index (χ1) is 15.7. The first-order valence-corrected chi connectivity index (χ1v) is 17.4. The standard InChI is InChI=1S/C28H26GeN2Se.Ni/c1-3-16-29(17-4-2)22-11-8-13-26(32)27(22)28-23(29)14-15-25(31-28)21-10-7-9-20(19-21)24-12-5-6-18-30-24;/h5-15,18H,3-4,16-17H2,1-2H3;/q-1;. The van der Waals surface area contributed by atoms with Crippen LogP contribution in [-0.4, -0.2) is 39.2 Å². The number of nitrogens with zero attached hydrogens (tertiary/aromatic N) is 2. The van der Waals surface area contributed by atoms with E-state index in [1.807, 2.05) is 24.4 Å². The van der Waals surface area contributed by atoms with E-state index in [1.54, 1.807) is 8.79 Å². The molecule has 0 atom stereocenters. The van der Waals surface area contributed by atoms with Crippen molar-refractivity contribution >= 4 is 42.5 Å². The molecular formula is C28H26GeN2NiSe-. The van der Waals surface area contributed by atoms with Gasteiger partial charge in [-0.1, -0.05) is 0 Å². The number of hydrogen-bond donors (Lipinski definition) is 0. The molecule has 2 aromatic carbocycles. The third-order valence-electron chi connectivity index (χ3n) is 6.55. The molecule has 0 aliphatic carbocycles. The molecule has 0 bridgehead atoms. The second-order valence-corrected chi connectivity index (χ2v) is 18.4. The summed E-state index contributed by atoms with van der Waals surface area (Å²) in [5.41, 5.74) is 6.52. The second kappa shape index (κ2) is 10.3. The minimum atomic E-state index is -2.44. The molecule has 1 aliphatic rings. The molecule has 0 saturated heterocycles. The summed E-state index contributed by atoms with van der Waals surface area (Å²) in [5, 5.41) is 2.67. The summed E-state index contributed by atoms with van der Waals surface area (Å²) in [5.74, 6) is 0. The first kappa shape index (κ1) is 24.4. The van der Waals surface area contributed by atoms with Crippen LogP contribution in [0.3, 0.4) is 0 Å². The molecule has 5 heteroatoms. The van der Waals surface area contributed by atoms with Crippen LogP contribution < -0.4 is 13.3 Å². The number of hydrogen-bond acceptors (Lipinski definition) is 2. The van der Waals surface area contributed by atoms with Crippen LogP contribution in [-0.2, 0) is 16.5 Å². The molecule has 169 valence electrons. The zero-order valence-electron chi connectivity index (χ0n) is 18.9. The predicted octanol–water partition coefficient (Wildman–Crippen LogP) is 4.77. The fourth-order valence-electron chi connectivity index (χ4n) is 5.31. The Bertz CT molecular complexity index is 1270. The smallest absolute Gasteiger partial charge is 0 e. The Morgan fingerprint density at radius 2 is 1.52 bits per heavy atom. The van der Waals surface area contributed by atoms with Gasteiger partial charge in [0.2, 0.25) is 0 Å². The molecule has 0 N–H and O–H groups in total. The van der Waals surface area contributed by atoms with Crippen LogP contribution in [0.15, 0.2) is 72.9 Å². The van der Waals surface area contributed by atoms with E-state index in [9.17, 15) is 0 Å². The number of aromatic nitrogens is 2. The van der Waals surface area contributed by atoms with Crippen LogP contribution >= 0.6 is 0 Å². The number of rotatable bonds is 6. The van der Waals surface area contributed by atoms with E-state index in [0.29, 0.717) is 0 Å². The minimum absolute atomic E-state index is 0. The Balaban J connectivity index is 0.00000259. The molecule has 2 aromatic heterocycles. The fourth-order valence-corrected chi connectivity index (χ4v) is 17.9. The summed E-state index contributed by atoms with van der Waals surface area (Å²) in [6, 6.07) is 27.2. The van der Waals surface area contributed by atoms with Crippen LogP contribution in [0.4, 0.5) is 0 Å². The van der Waals surface area contributed by atoms with Crippen molar-refractivity contribution in [3.8, 4) is 33.8 Å². The summed E-state index contributed by atoms with van der Waals surface area (Å²) in [7, 11) is 0. The zero-order valence-corrected chi connectivity index (χ0v) is 23.7. The molecule has 0 spiro atoms. The van der Waals surface area contributed by atoms with Crippen molar-refractivity contribution in [1.29, 1.82) is 0 Å². The molecule has 1 aliphatic heterocycles. The normalized spacial score (nSPS) is 13.2. The fraction of sp³-hybridized carbons (Fsp3) is 0.214. The molecule has 0 saturated carbocycles. The summed E-state index contributed by atoms with van der Waals surface area (Å²) in [6.07, 6.45) is 4.30. The predicted molar refractivity (Wildman–Crippen MR) is 138 cm³/mol. The maximum Gasteiger partial charge on any atom is 0 e. The third kappa shape index (κ3) is 4.28. The van der Waals surface area contributed by atoms with Crippen LogP contribution in [0.1, 0.15) is 26.7 Å². The molecule has 5 rings (SSSR count). The Morgan fingerprint density at radius 3 is 2.21 bits per heavy atom. The van der Waals surface area contributed by atoms with Crippen LogP contribution in [0, 0.1) is 6.07 Å². The van der Waals surface area contributed by atoms with E-state index in [2.05, 4.69) is 89.4 Å². The summed E-state index contributed by atoms with van der Waals surface area (Å²) in [6.45, 7) is 4.67. The maximum atomic E-state index is 5.30. The maximum absolute atomic E-state index is 5.30. The van der Waals surface area contributed by atoms with Gasteiger partial charge in [-0.3, -0.25) is 0 Å². The van der Waals surface area contributed by atoms with Gasteiger partial charge in [0, 0.05) is 16.5 Å². The van der Waals surface area contributed by atoms with Crippen molar-refractivity contribution in [2.24, 2.45) is 0 Å². The number of fused-ring (bicyclic) bond motifs is 3. The topological polar surface area (TPSA) is 25.8 Å². The molecule has 0 amide bonds. The van der Waals surface area contributed by atoms with E-state index in [4.69, 9.17) is 4.98 Å². The molecule has 1 radical (unpaired) electrons. The van der Waals surface area contributed by atoms with E-state index < -0.39 is 13.3 Å². The molecule has 0 fully saturated rings. The van der Waals surface area contributed by atoms with Crippen molar-refractivity contribution < 1.29 is 16.5 Å². The molecule has 2 nitrogen and oxygen atoms in total. The zero-order chi connectivity index (χ0) is 22.1. The summed E-state index contributed by atoms with van der Waals surface area (Å²) in [4.78, 5) is 9.79. The second-order valence-electron chi connectivity index (χ2n) is 8.55.